The summed E-state index contributed by atoms with van der Waals surface area (Å²) in [6, 6.07) is 8.24. The minimum absolute atomic E-state index is 0.0552. The van der Waals surface area contributed by atoms with Gasteiger partial charge in [0.15, 0.2) is 0 Å². The molecule has 22 heavy (non-hydrogen) atoms. The maximum atomic E-state index is 5.96. The summed E-state index contributed by atoms with van der Waals surface area (Å²) in [7, 11) is 2.06. The molecule has 0 radical (unpaired) electrons. The Hall–Kier alpha value is -2.14. The van der Waals surface area contributed by atoms with Crippen LogP contribution in [0.5, 0.6) is 0 Å². The molecule has 0 bridgehead atoms. The normalized spacial score (nSPS) is 13.1. The number of fused-ring (bicyclic) bond motifs is 1. The second kappa shape index (κ2) is 5.93. The zero-order valence-electron chi connectivity index (χ0n) is 13.5. The Morgan fingerprint density at radius 2 is 1.95 bits per heavy atom. The third-order valence-corrected chi connectivity index (χ3v) is 4.07. The lowest BCUT2D eigenvalue weighted by atomic mass is 10.1. The monoisotopic (exact) mass is 299 g/mol. The van der Waals surface area contributed by atoms with Gasteiger partial charge in [0.2, 0.25) is 11.8 Å². The van der Waals surface area contributed by atoms with Gasteiger partial charge in [-0.05, 0) is 20.0 Å². The Morgan fingerprint density at radius 1 is 1.18 bits per heavy atom. The zero-order chi connectivity index (χ0) is 15.7. The van der Waals surface area contributed by atoms with E-state index in [0.717, 1.165) is 24.3 Å². The summed E-state index contributed by atoms with van der Waals surface area (Å²) in [4.78, 5) is 2.20. The number of furan rings is 1. The lowest BCUT2D eigenvalue weighted by Gasteiger charge is -2.21. The van der Waals surface area contributed by atoms with Gasteiger partial charge in [-0.25, -0.2) is 0 Å². The molecule has 5 heteroatoms. The molecule has 0 aliphatic rings. The third kappa shape index (κ3) is 2.64. The highest BCUT2D eigenvalue weighted by atomic mass is 16.4. The third-order valence-electron chi connectivity index (χ3n) is 4.07. The van der Waals surface area contributed by atoms with Crippen molar-refractivity contribution in [2.45, 2.75) is 39.8 Å². The predicted molar refractivity (Wildman–Crippen MR) is 84.5 cm³/mol. The van der Waals surface area contributed by atoms with E-state index in [0.29, 0.717) is 11.8 Å². The van der Waals surface area contributed by atoms with Crippen molar-refractivity contribution in [2.24, 2.45) is 0 Å². The summed E-state index contributed by atoms with van der Waals surface area (Å²) < 4.78 is 11.5. The molecule has 0 unspecified atom stereocenters. The van der Waals surface area contributed by atoms with E-state index in [1.165, 1.54) is 10.9 Å². The van der Waals surface area contributed by atoms with Gasteiger partial charge < -0.3 is 8.83 Å². The second-order valence-electron chi connectivity index (χ2n) is 5.60. The van der Waals surface area contributed by atoms with Crippen LogP contribution in [0.3, 0.4) is 0 Å². The van der Waals surface area contributed by atoms with Gasteiger partial charge in [0.05, 0.1) is 6.04 Å². The smallest absolute Gasteiger partial charge is 0.233 e. The van der Waals surface area contributed by atoms with Gasteiger partial charge in [0, 0.05) is 30.8 Å². The standard InChI is InChI=1S/C17H21N3O2/c1-5-15-14(13-8-6-7-9-16(13)22-15)10-20(4)11(2)17-19-18-12(3)21-17/h6-9,11H,5,10H2,1-4H3/t11-/m0/s1. The van der Waals surface area contributed by atoms with E-state index in [1.807, 2.05) is 25.1 Å². The van der Waals surface area contributed by atoms with E-state index in [-0.39, 0.29) is 6.04 Å². The fraction of sp³-hybridized carbons (Fsp3) is 0.412. The van der Waals surface area contributed by atoms with Crippen molar-refractivity contribution in [3.05, 3.63) is 47.4 Å². The Kier molecular flexibility index (Phi) is 3.98. The summed E-state index contributed by atoms with van der Waals surface area (Å²) in [5, 5.41) is 9.21. The number of aryl methyl sites for hydroxylation is 2. The number of benzene rings is 1. The van der Waals surface area contributed by atoms with Gasteiger partial charge in [-0.2, -0.15) is 0 Å². The van der Waals surface area contributed by atoms with Crippen molar-refractivity contribution in [3.63, 3.8) is 0 Å². The second-order valence-corrected chi connectivity index (χ2v) is 5.60. The van der Waals surface area contributed by atoms with Gasteiger partial charge in [-0.3, -0.25) is 4.90 Å². The van der Waals surface area contributed by atoms with Crippen LogP contribution < -0.4 is 0 Å². The molecule has 5 nitrogen and oxygen atoms in total. The summed E-state index contributed by atoms with van der Waals surface area (Å²) >= 11 is 0. The van der Waals surface area contributed by atoms with Crippen molar-refractivity contribution >= 4 is 11.0 Å². The fourth-order valence-corrected chi connectivity index (χ4v) is 2.66. The van der Waals surface area contributed by atoms with Crippen molar-refractivity contribution in [3.8, 4) is 0 Å². The molecule has 1 atom stereocenters. The van der Waals surface area contributed by atoms with Crippen molar-refractivity contribution < 1.29 is 8.83 Å². The minimum Gasteiger partial charge on any atom is -0.461 e. The molecule has 0 aliphatic heterocycles. The number of aromatic nitrogens is 2. The SMILES string of the molecule is CCc1oc2ccccc2c1CN(C)[C@@H](C)c1nnc(C)o1. The maximum Gasteiger partial charge on any atom is 0.233 e. The largest absolute Gasteiger partial charge is 0.461 e. The van der Waals surface area contributed by atoms with Gasteiger partial charge in [0.1, 0.15) is 11.3 Å². The zero-order valence-corrected chi connectivity index (χ0v) is 13.5. The summed E-state index contributed by atoms with van der Waals surface area (Å²) in [6.07, 6.45) is 0.881. The van der Waals surface area contributed by atoms with Crippen LogP contribution >= 0.6 is 0 Å². The summed E-state index contributed by atoms with van der Waals surface area (Å²) in [5.74, 6) is 2.28. The van der Waals surface area contributed by atoms with Crippen LogP contribution in [0.15, 0.2) is 33.1 Å². The van der Waals surface area contributed by atoms with Crippen LogP contribution in [-0.4, -0.2) is 22.1 Å². The lowest BCUT2D eigenvalue weighted by molar-refractivity contribution is 0.214. The molecular formula is C17H21N3O2. The first-order chi connectivity index (χ1) is 10.6. The lowest BCUT2D eigenvalue weighted by Crippen LogP contribution is -2.22. The van der Waals surface area contributed by atoms with Crippen molar-refractivity contribution in [1.82, 2.24) is 15.1 Å². The number of para-hydroxylation sites is 1. The highest BCUT2D eigenvalue weighted by Gasteiger charge is 2.21. The Bertz CT molecular complexity index is 775. The quantitative estimate of drug-likeness (QED) is 0.715. The summed E-state index contributed by atoms with van der Waals surface area (Å²) in [6.45, 7) is 6.78. The Balaban J connectivity index is 1.88. The molecule has 3 rings (SSSR count). The van der Waals surface area contributed by atoms with Crippen molar-refractivity contribution in [1.29, 1.82) is 0 Å². The number of hydrogen-bond acceptors (Lipinski definition) is 5. The minimum atomic E-state index is 0.0552. The first-order valence-corrected chi connectivity index (χ1v) is 7.59. The Labute approximate surface area is 129 Å². The highest BCUT2D eigenvalue weighted by Crippen LogP contribution is 2.29. The van der Waals surface area contributed by atoms with E-state index >= 15 is 0 Å². The molecule has 0 saturated heterocycles. The molecule has 0 fully saturated rings. The molecule has 0 N–H and O–H groups in total. The van der Waals surface area contributed by atoms with E-state index in [9.17, 15) is 0 Å². The highest BCUT2D eigenvalue weighted by molar-refractivity contribution is 5.82. The first kappa shape index (κ1) is 14.8. The van der Waals surface area contributed by atoms with Gasteiger partial charge in [0.25, 0.3) is 0 Å². The van der Waals surface area contributed by atoms with Crippen LogP contribution in [-0.2, 0) is 13.0 Å². The topological polar surface area (TPSA) is 55.3 Å². The molecule has 116 valence electrons. The molecule has 0 aliphatic carbocycles. The van der Waals surface area contributed by atoms with Crippen LogP contribution in [0.1, 0.15) is 43.0 Å². The number of hydrogen-bond donors (Lipinski definition) is 0. The maximum absolute atomic E-state index is 5.96. The fourth-order valence-electron chi connectivity index (χ4n) is 2.66. The van der Waals surface area contributed by atoms with Crippen molar-refractivity contribution in [2.75, 3.05) is 7.05 Å². The number of nitrogens with zero attached hydrogens (tertiary/aromatic N) is 3. The predicted octanol–water partition coefficient (Wildman–Crippen LogP) is 3.88. The van der Waals surface area contributed by atoms with Crippen LogP contribution in [0.4, 0.5) is 0 Å². The molecule has 2 heterocycles. The van der Waals surface area contributed by atoms with Gasteiger partial charge in [-0.15, -0.1) is 10.2 Å². The molecule has 0 amide bonds. The Morgan fingerprint density at radius 3 is 2.64 bits per heavy atom. The first-order valence-electron chi connectivity index (χ1n) is 7.59. The van der Waals surface area contributed by atoms with Crippen LogP contribution in [0, 0.1) is 6.92 Å². The van der Waals surface area contributed by atoms with Crippen LogP contribution in [0.2, 0.25) is 0 Å². The molecule has 0 saturated carbocycles. The van der Waals surface area contributed by atoms with E-state index in [2.05, 4.69) is 42.1 Å². The van der Waals surface area contributed by atoms with E-state index < -0.39 is 0 Å². The van der Waals surface area contributed by atoms with Crippen LogP contribution in [0.25, 0.3) is 11.0 Å². The average Bonchev–Trinajstić information content (AvgIpc) is 3.10. The summed E-state index contributed by atoms with van der Waals surface area (Å²) in [5.41, 5.74) is 2.19. The molecule has 1 aromatic carbocycles. The molecule has 2 aromatic heterocycles. The molecule has 0 spiro atoms. The molecule has 3 aromatic rings. The van der Waals surface area contributed by atoms with E-state index in [1.54, 1.807) is 0 Å². The van der Waals surface area contributed by atoms with Gasteiger partial charge >= 0.3 is 0 Å². The van der Waals surface area contributed by atoms with Gasteiger partial charge in [-0.1, -0.05) is 25.1 Å². The number of rotatable bonds is 5. The average molecular weight is 299 g/mol. The molecular weight excluding hydrogens is 278 g/mol. The van der Waals surface area contributed by atoms with E-state index in [4.69, 9.17) is 8.83 Å².